The number of ether oxygens (including phenoxy) is 2. The number of aliphatic imine (C=N–C) groups is 1. The maximum atomic E-state index is 8.89. The number of rotatable bonds is 8. The first kappa shape index (κ1) is 20.4. The van der Waals surface area contributed by atoms with Gasteiger partial charge >= 0.3 is 0 Å². The van der Waals surface area contributed by atoms with E-state index in [1.807, 2.05) is 18.2 Å². The van der Waals surface area contributed by atoms with Gasteiger partial charge in [0.05, 0.1) is 20.3 Å². The minimum absolute atomic E-state index is 0.0210. The lowest BCUT2D eigenvalue weighted by Gasteiger charge is -2.28. The molecule has 0 saturated heterocycles. The number of hydrogen-bond acceptors (Lipinski definition) is 4. The summed E-state index contributed by atoms with van der Waals surface area (Å²) in [5.74, 6) is 3.00. The van der Waals surface area contributed by atoms with Crippen LogP contribution in [0.5, 0.6) is 11.5 Å². The summed E-state index contributed by atoms with van der Waals surface area (Å²) in [5.41, 5.74) is 1.05. The van der Waals surface area contributed by atoms with Crippen LogP contribution in [0.3, 0.4) is 0 Å². The maximum absolute atomic E-state index is 8.89. The molecule has 1 aromatic carbocycles. The Hall–Kier alpha value is -1.95. The topological polar surface area (TPSA) is 75.1 Å². The van der Waals surface area contributed by atoms with Gasteiger partial charge in [0, 0.05) is 12.6 Å². The van der Waals surface area contributed by atoms with Gasteiger partial charge in [0.1, 0.15) is 6.61 Å². The summed E-state index contributed by atoms with van der Waals surface area (Å²) in [5, 5.41) is 15.8. The van der Waals surface area contributed by atoms with Crippen LogP contribution in [-0.2, 0) is 6.54 Å². The smallest absolute Gasteiger partial charge is 0.191 e. The van der Waals surface area contributed by atoms with Gasteiger partial charge in [0.2, 0.25) is 0 Å². The van der Waals surface area contributed by atoms with Gasteiger partial charge in [-0.1, -0.05) is 13.0 Å². The van der Waals surface area contributed by atoms with Crippen LogP contribution in [0.2, 0.25) is 0 Å². The van der Waals surface area contributed by atoms with Gasteiger partial charge in [-0.25, -0.2) is 4.99 Å². The Kier molecular flexibility index (Phi) is 8.54. The molecule has 0 amide bonds. The Morgan fingerprint density at radius 2 is 2.00 bits per heavy atom. The molecule has 0 bridgehead atoms. The van der Waals surface area contributed by atoms with Crippen LogP contribution in [0.25, 0.3) is 0 Å². The highest BCUT2D eigenvalue weighted by atomic mass is 16.5. The molecule has 6 nitrogen and oxygen atoms in total. The standard InChI is InChI=1S/C20H33N3O3/c1-4-21-20(23-17-8-5-15(2)6-9-17)22-14-16-7-10-18(26-12-11-24)19(13-16)25-3/h7,10,13,15,17,24H,4-6,8-9,11-12,14H2,1-3H3,(H2,21,22,23). The Bertz CT molecular complexity index is 569. The van der Waals surface area contributed by atoms with Crippen LogP contribution >= 0.6 is 0 Å². The highest BCUT2D eigenvalue weighted by Crippen LogP contribution is 2.28. The third kappa shape index (κ3) is 6.41. The van der Waals surface area contributed by atoms with E-state index in [2.05, 4.69) is 24.5 Å². The lowest BCUT2D eigenvalue weighted by atomic mass is 9.87. The summed E-state index contributed by atoms with van der Waals surface area (Å²) in [7, 11) is 1.61. The van der Waals surface area contributed by atoms with Crippen molar-refractivity contribution in [2.45, 2.75) is 52.1 Å². The van der Waals surface area contributed by atoms with E-state index in [9.17, 15) is 0 Å². The van der Waals surface area contributed by atoms with Gasteiger partial charge in [0.15, 0.2) is 17.5 Å². The number of nitrogens with one attached hydrogen (secondary N) is 2. The zero-order valence-corrected chi connectivity index (χ0v) is 16.3. The quantitative estimate of drug-likeness (QED) is 0.489. The van der Waals surface area contributed by atoms with E-state index in [-0.39, 0.29) is 13.2 Å². The summed E-state index contributed by atoms with van der Waals surface area (Å²) >= 11 is 0. The van der Waals surface area contributed by atoms with E-state index in [1.165, 1.54) is 25.7 Å². The zero-order valence-electron chi connectivity index (χ0n) is 16.3. The molecule has 1 aliphatic rings. The summed E-state index contributed by atoms with van der Waals surface area (Å²) in [4.78, 5) is 4.72. The van der Waals surface area contributed by atoms with E-state index >= 15 is 0 Å². The number of benzene rings is 1. The first-order valence-electron chi connectivity index (χ1n) is 9.61. The fraction of sp³-hybridized carbons (Fsp3) is 0.650. The van der Waals surface area contributed by atoms with Crippen LogP contribution in [0.4, 0.5) is 0 Å². The van der Waals surface area contributed by atoms with E-state index in [0.29, 0.717) is 24.1 Å². The first-order chi connectivity index (χ1) is 12.7. The molecule has 1 fully saturated rings. The van der Waals surface area contributed by atoms with Gasteiger partial charge in [-0.05, 0) is 56.2 Å². The Labute approximate surface area is 157 Å². The van der Waals surface area contributed by atoms with Gasteiger partial charge in [-0.3, -0.25) is 0 Å². The molecule has 1 aromatic rings. The SMILES string of the molecule is CCNC(=NCc1ccc(OCCO)c(OC)c1)NC1CCC(C)CC1. The van der Waals surface area contributed by atoms with Crippen LogP contribution in [0.1, 0.15) is 45.1 Å². The zero-order chi connectivity index (χ0) is 18.8. The van der Waals surface area contributed by atoms with Gasteiger partial charge in [-0.15, -0.1) is 0 Å². The summed E-state index contributed by atoms with van der Waals surface area (Å²) in [6, 6.07) is 6.28. The highest BCUT2D eigenvalue weighted by molar-refractivity contribution is 5.80. The molecular formula is C20H33N3O3. The van der Waals surface area contributed by atoms with Crippen LogP contribution in [-0.4, -0.2) is 44.0 Å². The molecule has 0 radical (unpaired) electrons. The molecule has 3 N–H and O–H groups in total. The van der Waals surface area contributed by atoms with Crippen LogP contribution < -0.4 is 20.1 Å². The Balaban J connectivity index is 1.99. The average Bonchev–Trinajstić information content (AvgIpc) is 2.66. The largest absolute Gasteiger partial charge is 0.493 e. The monoisotopic (exact) mass is 363 g/mol. The highest BCUT2D eigenvalue weighted by Gasteiger charge is 2.18. The third-order valence-corrected chi connectivity index (χ3v) is 4.70. The third-order valence-electron chi connectivity index (χ3n) is 4.70. The lowest BCUT2D eigenvalue weighted by molar-refractivity contribution is 0.196. The average molecular weight is 364 g/mol. The number of guanidine groups is 1. The summed E-state index contributed by atoms with van der Waals surface area (Å²) in [6.45, 7) is 6.05. The second-order valence-electron chi connectivity index (χ2n) is 6.85. The van der Waals surface area contributed by atoms with Crippen molar-refractivity contribution in [2.75, 3.05) is 26.9 Å². The lowest BCUT2D eigenvalue weighted by Crippen LogP contribution is -2.44. The van der Waals surface area contributed by atoms with E-state index in [4.69, 9.17) is 19.6 Å². The molecule has 0 atom stereocenters. The fourth-order valence-corrected chi connectivity index (χ4v) is 3.17. The molecule has 1 aliphatic carbocycles. The van der Waals surface area contributed by atoms with Crippen LogP contribution in [0.15, 0.2) is 23.2 Å². The van der Waals surface area contributed by atoms with Gasteiger partial charge < -0.3 is 25.2 Å². The molecule has 0 heterocycles. The molecule has 0 aromatic heterocycles. The fourth-order valence-electron chi connectivity index (χ4n) is 3.17. The molecular weight excluding hydrogens is 330 g/mol. The van der Waals surface area contributed by atoms with E-state index in [0.717, 1.165) is 24.0 Å². The molecule has 1 saturated carbocycles. The molecule has 0 unspecified atom stereocenters. The Morgan fingerprint density at radius 3 is 2.65 bits per heavy atom. The summed E-state index contributed by atoms with van der Waals surface area (Å²) in [6.07, 6.45) is 4.97. The van der Waals surface area contributed by atoms with E-state index in [1.54, 1.807) is 7.11 Å². The molecule has 6 heteroatoms. The van der Waals surface area contributed by atoms with Gasteiger partial charge in [0.25, 0.3) is 0 Å². The van der Waals surface area contributed by atoms with Gasteiger partial charge in [-0.2, -0.15) is 0 Å². The second kappa shape index (κ2) is 10.9. The van der Waals surface area contributed by atoms with Crippen molar-refractivity contribution in [1.29, 1.82) is 0 Å². The Morgan fingerprint density at radius 1 is 1.23 bits per heavy atom. The van der Waals surface area contributed by atoms with Crippen molar-refractivity contribution in [3.8, 4) is 11.5 Å². The van der Waals surface area contributed by atoms with Crippen molar-refractivity contribution in [1.82, 2.24) is 10.6 Å². The van der Waals surface area contributed by atoms with Crippen molar-refractivity contribution >= 4 is 5.96 Å². The van der Waals surface area contributed by atoms with Crippen LogP contribution in [0, 0.1) is 5.92 Å². The number of nitrogens with zero attached hydrogens (tertiary/aromatic N) is 1. The van der Waals surface area contributed by atoms with E-state index < -0.39 is 0 Å². The molecule has 2 rings (SSSR count). The maximum Gasteiger partial charge on any atom is 0.191 e. The van der Waals surface area contributed by atoms with Crippen molar-refractivity contribution in [3.63, 3.8) is 0 Å². The molecule has 26 heavy (non-hydrogen) atoms. The molecule has 0 spiro atoms. The minimum atomic E-state index is -0.0210. The number of methoxy groups -OCH3 is 1. The number of hydrogen-bond donors (Lipinski definition) is 3. The number of aliphatic hydroxyl groups is 1. The first-order valence-corrected chi connectivity index (χ1v) is 9.61. The van der Waals surface area contributed by atoms with Crippen molar-refractivity contribution in [3.05, 3.63) is 23.8 Å². The number of aliphatic hydroxyl groups excluding tert-OH is 1. The van der Waals surface area contributed by atoms with Crippen molar-refractivity contribution in [2.24, 2.45) is 10.9 Å². The second-order valence-corrected chi connectivity index (χ2v) is 6.85. The predicted octanol–water partition coefficient (Wildman–Crippen LogP) is 2.70. The summed E-state index contributed by atoms with van der Waals surface area (Å²) < 4.78 is 10.9. The minimum Gasteiger partial charge on any atom is -0.493 e. The van der Waals surface area contributed by atoms with Crippen molar-refractivity contribution < 1.29 is 14.6 Å². The molecule has 0 aliphatic heterocycles. The predicted molar refractivity (Wildman–Crippen MR) is 105 cm³/mol. The normalized spacial score (nSPS) is 20.5. The molecule has 146 valence electrons.